The first kappa shape index (κ1) is 28.0. The van der Waals surface area contributed by atoms with E-state index < -0.39 is 5.54 Å². The number of nitrogens with zero attached hydrogens (tertiary/aromatic N) is 5. The molecule has 2 atom stereocenters. The number of ether oxygens (including phenoxy) is 2. The zero-order valence-electron chi connectivity index (χ0n) is 24.7. The maximum atomic E-state index is 13.9. The first-order chi connectivity index (χ1) is 19.1. The monoisotopic (exact) mass is 565 g/mol. The number of methoxy groups -OCH3 is 2. The lowest BCUT2D eigenvalue weighted by molar-refractivity contribution is 0.0770. The maximum absolute atomic E-state index is 13.9. The summed E-state index contributed by atoms with van der Waals surface area (Å²) < 4.78 is 13.1. The van der Waals surface area contributed by atoms with Crippen LogP contribution < -0.4 is 9.47 Å². The summed E-state index contributed by atoms with van der Waals surface area (Å²) in [6, 6.07) is 5.86. The Balaban J connectivity index is 1.47. The highest BCUT2D eigenvalue weighted by Crippen LogP contribution is 2.48. The van der Waals surface area contributed by atoms with Gasteiger partial charge in [0.2, 0.25) is 0 Å². The summed E-state index contributed by atoms with van der Waals surface area (Å²) in [5, 5.41) is 5.48. The average Bonchev–Trinajstić information content (AvgIpc) is 3.53. The van der Waals surface area contributed by atoms with E-state index >= 15 is 0 Å². The maximum Gasteiger partial charge on any atom is 0.325 e. The van der Waals surface area contributed by atoms with Crippen molar-refractivity contribution >= 4 is 33.5 Å². The van der Waals surface area contributed by atoms with Crippen LogP contribution in [0.3, 0.4) is 0 Å². The smallest absolute Gasteiger partial charge is 0.325 e. The highest BCUT2D eigenvalue weighted by Gasteiger charge is 2.52. The van der Waals surface area contributed by atoms with Gasteiger partial charge in [0, 0.05) is 55.8 Å². The van der Waals surface area contributed by atoms with Crippen molar-refractivity contribution in [1.82, 2.24) is 24.5 Å². The van der Waals surface area contributed by atoms with Crippen molar-refractivity contribution in [2.45, 2.75) is 58.5 Å². The normalized spacial score (nSPS) is 20.4. The minimum Gasteiger partial charge on any atom is -0.497 e. The van der Waals surface area contributed by atoms with Crippen LogP contribution in [-0.2, 0) is 13.6 Å². The van der Waals surface area contributed by atoms with E-state index in [4.69, 9.17) is 9.47 Å². The third kappa shape index (κ3) is 4.24. The molecule has 40 heavy (non-hydrogen) atoms. The molecule has 3 aromatic rings. The van der Waals surface area contributed by atoms with Gasteiger partial charge in [0.15, 0.2) is 0 Å². The predicted molar refractivity (Wildman–Crippen MR) is 157 cm³/mol. The standard InChI is InChI=1S/C30H39N5O4S/c1-9-30(11-12-32(5)27(36)24-16-22-19(4)31-33(6)28(22)40-24)25-13-18(3)26-20(14-21(38-7)15-23(26)39-8)17-34(25)29(37)35(30)10-2/h13-16,18H,9-12,17H2,1-8H3/t18-,30?/m1/s1. The Kier molecular flexibility index (Phi) is 7.33. The number of carbonyl (C=O) groups is 2. The molecule has 0 N–H and O–H groups in total. The number of thiophene rings is 1. The lowest BCUT2D eigenvalue weighted by atomic mass is 9.85. The minimum atomic E-state index is -0.519. The second kappa shape index (κ2) is 10.5. The van der Waals surface area contributed by atoms with E-state index in [9.17, 15) is 9.59 Å². The van der Waals surface area contributed by atoms with Gasteiger partial charge in [0.25, 0.3) is 5.91 Å². The summed E-state index contributed by atoms with van der Waals surface area (Å²) in [5.74, 6) is 1.49. The van der Waals surface area contributed by atoms with Gasteiger partial charge in [-0.05, 0) is 44.4 Å². The lowest BCUT2D eigenvalue weighted by Crippen LogP contribution is -2.48. The Hall–Kier alpha value is -3.53. The Bertz CT molecular complexity index is 1470. The molecule has 2 aliphatic heterocycles. The molecule has 10 heteroatoms. The Morgan fingerprint density at radius 3 is 2.60 bits per heavy atom. The zero-order chi connectivity index (χ0) is 28.9. The number of allylic oxidation sites excluding steroid dienone is 1. The number of carbonyl (C=O) groups excluding carboxylic acids is 2. The van der Waals surface area contributed by atoms with Crippen molar-refractivity contribution in [3.63, 3.8) is 0 Å². The van der Waals surface area contributed by atoms with Crippen LogP contribution in [-0.4, -0.2) is 76.3 Å². The topological polar surface area (TPSA) is 80.1 Å². The largest absolute Gasteiger partial charge is 0.497 e. The molecule has 0 spiro atoms. The second-order valence-corrected chi connectivity index (χ2v) is 11.8. The molecular weight excluding hydrogens is 526 g/mol. The van der Waals surface area contributed by atoms with Gasteiger partial charge in [-0.3, -0.25) is 14.4 Å². The number of likely N-dealkylation sites (N-methyl/N-ethyl adjacent to an activating group) is 1. The van der Waals surface area contributed by atoms with Gasteiger partial charge in [-0.2, -0.15) is 5.10 Å². The summed E-state index contributed by atoms with van der Waals surface area (Å²) >= 11 is 1.47. The van der Waals surface area contributed by atoms with E-state index in [1.54, 1.807) is 19.1 Å². The quantitative estimate of drug-likeness (QED) is 0.359. The number of benzene rings is 1. The van der Waals surface area contributed by atoms with E-state index in [-0.39, 0.29) is 17.9 Å². The van der Waals surface area contributed by atoms with E-state index in [1.807, 2.05) is 60.6 Å². The number of hydrogen-bond donors (Lipinski definition) is 0. The molecule has 1 saturated heterocycles. The van der Waals surface area contributed by atoms with Gasteiger partial charge in [0.1, 0.15) is 16.3 Å². The summed E-state index contributed by atoms with van der Waals surface area (Å²) in [6.07, 6.45) is 3.61. The molecule has 9 nitrogen and oxygen atoms in total. The van der Waals surface area contributed by atoms with Crippen LogP contribution in [0, 0.1) is 6.92 Å². The van der Waals surface area contributed by atoms with Crippen molar-refractivity contribution in [3.8, 4) is 11.5 Å². The average molecular weight is 566 g/mol. The molecule has 3 amide bonds. The molecule has 1 fully saturated rings. The lowest BCUT2D eigenvalue weighted by Gasteiger charge is -2.38. The zero-order valence-corrected chi connectivity index (χ0v) is 25.5. The molecule has 1 aromatic carbocycles. The van der Waals surface area contributed by atoms with Crippen LogP contribution >= 0.6 is 11.3 Å². The number of aryl methyl sites for hydroxylation is 2. The van der Waals surface area contributed by atoms with Crippen LogP contribution in [0.5, 0.6) is 11.5 Å². The predicted octanol–water partition coefficient (Wildman–Crippen LogP) is 5.53. The molecule has 0 radical (unpaired) electrons. The summed E-state index contributed by atoms with van der Waals surface area (Å²) in [5.41, 5.74) is 3.51. The fourth-order valence-corrected chi connectivity index (χ4v) is 7.62. The van der Waals surface area contributed by atoms with Crippen LogP contribution in [0.25, 0.3) is 10.2 Å². The van der Waals surface area contributed by atoms with Gasteiger partial charge in [0.05, 0.1) is 36.9 Å². The molecule has 2 aliphatic rings. The number of hydrogen-bond acceptors (Lipinski definition) is 6. The van der Waals surface area contributed by atoms with Gasteiger partial charge < -0.3 is 19.3 Å². The first-order valence-corrected chi connectivity index (χ1v) is 14.7. The molecule has 0 bridgehead atoms. The van der Waals surface area contributed by atoms with Crippen molar-refractivity contribution in [2.24, 2.45) is 7.05 Å². The van der Waals surface area contributed by atoms with E-state index in [0.717, 1.165) is 44.9 Å². The number of amides is 3. The summed E-state index contributed by atoms with van der Waals surface area (Å²) in [4.78, 5) is 34.8. The molecule has 0 saturated carbocycles. The first-order valence-electron chi connectivity index (χ1n) is 13.8. The van der Waals surface area contributed by atoms with Crippen LogP contribution in [0.2, 0.25) is 0 Å². The molecule has 2 aromatic heterocycles. The Morgan fingerprint density at radius 2 is 1.98 bits per heavy atom. The highest BCUT2D eigenvalue weighted by molar-refractivity contribution is 7.20. The number of aromatic nitrogens is 2. The minimum absolute atomic E-state index is 0.00102. The SMILES string of the molecule is CCN1C(=O)N2Cc3cc(OC)cc(OC)c3[C@H](C)C=C2C1(CC)CCN(C)C(=O)c1cc2c(C)nn(C)c2s1. The third-order valence-electron chi connectivity index (χ3n) is 8.61. The number of rotatable bonds is 8. The molecule has 0 aliphatic carbocycles. The Morgan fingerprint density at radius 1 is 1.23 bits per heavy atom. The summed E-state index contributed by atoms with van der Waals surface area (Å²) in [6.45, 7) is 9.83. The van der Waals surface area contributed by atoms with E-state index in [1.165, 1.54) is 11.3 Å². The van der Waals surface area contributed by atoms with Crippen LogP contribution in [0.15, 0.2) is 30.0 Å². The fourth-order valence-electron chi connectivity index (χ4n) is 6.50. The van der Waals surface area contributed by atoms with Crippen molar-refractivity contribution < 1.29 is 19.1 Å². The van der Waals surface area contributed by atoms with Gasteiger partial charge in [-0.25, -0.2) is 4.79 Å². The Labute approximate surface area is 239 Å². The van der Waals surface area contributed by atoms with Crippen LogP contribution in [0.4, 0.5) is 4.79 Å². The fraction of sp³-hybridized carbons (Fsp3) is 0.500. The molecule has 1 unspecified atom stereocenters. The van der Waals surface area contributed by atoms with Gasteiger partial charge >= 0.3 is 6.03 Å². The molecular formula is C30H39N5O4S. The van der Waals surface area contributed by atoms with E-state index in [2.05, 4.69) is 25.0 Å². The van der Waals surface area contributed by atoms with E-state index in [0.29, 0.717) is 36.7 Å². The number of urea groups is 1. The molecule has 4 heterocycles. The van der Waals surface area contributed by atoms with Gasteiger partial charge in [-0.15, -0.1) is 11.3 Å². The number of fused-ring (bicyclic) bond motifs is 3. The van der Waals surface area contributed by atoms with Crippen molar-refractivity contribution in [1.29, 1.82) is 0 Å². The second-order valence-electron chi connectivity index (χ2n) is 10.8. The summed E-state index contributed by atoms with van der Waals surface area (Å²) in [7, 11) is 7.07. The van der Waals surface area contributed by atoms with Crippen LogP contribution in [0.1, 0.15) is 66.0 Å². The van der Waals surface area contributed by atoms with Crippen molar-refractivity contribution in [3.05, 3.63) is 51.7 Å². The van der Waals surface area contributed by atoms with Crippen molar-refractivity contribution in [2.75, 3.05) is 34.4 Å². The molecule has 214 valence electrons. The molecule has 5 rings (SSSR count). The van der Waals surface area contributed by atoms with Gasteiger partial charge in [-0.1, -0.05) is 19.9 Å². The highest BCUT2D eigenvalue weighted by atomic mass is 32.1. The third-order valence-corrected chi connectivity index (χ3v) is 9.80.